The van der Waals surface area contributed by atoms with Crippen LogP contribution in [-0.2, 0) is 18.3 Å². The third-order valence-corrected chi connectivity index (χ3v) is 4.82. The van der Waals surface area contributed by atoms with Crippen molar-refractivity contribution in [1.82, 2.24) is 14.8 Å². The number of pyridine rings is 1. The van der Waals surface area contributed by atoms with Crippen LogP contribution in [0.4, 0.5) is 11.5 Å². The van der Waals surface area contributed by atoms with Crippen LogP contribution in [0.5, 0.6) is 0 Å². The minimum Gasteiger partial charge on any atom is -0.381 e. The Bertz CT molecular complexity index is 981. The van der Waals surface area contributed by atoms with Gasteiger partial charge in [0, 0.05) is 25.4 Å². The maximum absolute atomic E-state index is 12.7. The maximum Gasteiger partial charge on any atom is 0.230 e. The minimum atomic E-state index is -0.139. The van der Waals surface area contributed by atoms with E-state index in [0.717, 1.165) is 22.3 Å². The van der Waals surface area contributed by atoms with Gasteiger partial charge in [-0.25, -0.2) is 4.98 Å². The van der Waals surface area contributed by atoms with Gasteiger partial charge in [0.1, 0.15) is 5.82 Å². The lowest BCUT2D eigenvalue weighted by molar-refractivity contribution is -0.119. The molecule has 2 aromatic heterocycles. The van der Waals surface area contributed by atoms with Crippen LogP contribution in [0.2, 0.25) is 0 Å². The standard InChI is InChI=1S/C19H21N5O.ClH/c1-11-6-12(2)14-4-5-18(22-15(14)7-11)23-19(25)13-8-17-16(20-9-13)10-21-24(17)3;/h4-7,10,13,20H,8-9H2,1-3H3,(H,22,23,25);1H. The molecule has 3 heterocycles. The predicted octanol–water partition coefficient (Wildman–Crippen LogP) is 3.23. The number of carbonyl (C=O) groups is 1. The highest BCUT2D eigenvalue weighted by molar-refractivity contribution is 5.94. The largest absolute Gasteiger partial charge is 0.381 e. The van der Waals surface area contributed by atoms with E-state index >= 15 is 0 Å². The summed E-state index contributed by atoms with van der Waals surface area (Å²) in [5.41, 5.74) is 5.35. The van der Waals surface area contributed by atoms with Crippen molar-refractivity contribution in [1.29, 1.82) is 0 Å². The zero-order valence-electron chi connectivity index (χ0n) is 15.0. The van der Waals surface area contributed by atoms with Crippen molar-refractivity contribution in [3.05, 3.63) is 47.3 Å². The Labute approximate surface area is 158 Å². The van der Waals surface area contributed by atoms with Gasteiger partial charge in [0.25, 0.3) is 0 Å². The summed E-state index contributed by atoms with van der Waals surface area (Å²) in [7, 11) is 1.90. The Hall–Kier alpha value is -2.60. The molecule has 1 aliphatic heterocycles. The Morgan fingerprint density at radius 1 is 1.31 bits per heavy atom. The fourth-order valence-electron chi connectivity index (χ4n) is 3.47. The second-order valence-electron chi connectivity index (χ2n) is 6.74. The van der Waals surface area contributed by atoms with Gasteiger partial charge in [-0.2, -0.15) is 5.10 Å². The number of aryl methyl sites for hydroxylation is 3. The molecule has 1 aliphatic rings. The van der Waals surface area contributed by atoms with E-state index in [0.29, 0.717) is 18.8 Å². The van der Waals surface area contributed by atoms with Crippen LogP contribution in [0.15, 0.2) is 30.5 Å². The first-order valence-corrected chi connectivity index (χ1v) is 8.45. The fraction of sp³-hybridized carbons (Fsp3) is 0.316. The molecule has 0 saturated carbocycles. The van der Waals surface area contributed by atoms with E-state index in [1.807, 2.05) is 29.9 Å². The first-order chi connectivity index (χ1) is 12.0. The van der Waals surface area contributed by atoms with E-state index in [-0.39, 0.29) is 24.2 Å². The third-order valence-electron chi connectivity index (χ3n) is 4.82. The van der Waals surface area contributed by atoms with E-state index in [9.17, 15) is 4.79 Å². The topological polar surface area (TPSA) is 71.8 Å². The molecule has 0 spiro atoms. The number of hydrogen-bond acceptors (Lipinski definition) is 4. The van der Waals surface area contributed by atoms with Crippen molar-refractivity contribution in [3.8, 4) is 0 Å². The van der Waals surface area contributed by atoms with Gasteiger partial charge in [-0.05, 0) is 43.2 Å². The number of nitrogens with zero attached hydrogens (tertiary/aromatic N) is 3. The number of hydrogen-bond donors (Lipinski definition) is 2. The normalized spacial score (nSPS) is 15.7. The highest BCUT2D eigenvalue weighted by Crippen LogP contribution is 2.25. The summed E-state index contributed by atoms with van der Waals surface area (Å²) in [4.78, 5) is 17.3. The highest BCUT2D eigenvalue weighted by Gasteiger charge is 2.27. The third kappa shape index (κ3) is 3.24. The highest BCUT2D eigenvalue weighted by atomic mass is 35.5. The number of benzene rings is 1. The molecule has 4 rings (SSSR count). The zero-order valence-corrected chi connectivity index (χ0v) is 15.9. The van der Waals surface area contributed by atoms with E-state index in [1.54, 1.807) is 6.20 Å². The van der Waals surface area contributed by atoms with Crippen LogP contribution >= 0.6 is 12.4 Å². The number of rotatable bonds is 2. The molecular weight excluding hydrogens is 350 g/mol. The predicted molar refractivity (Wildman–Crippen MR) is 106 cm³/mol. The van der Waals surface area contributed by atoms with Gasteiger partial charge >= 0.3 is 0 Å². The summed E-state index contributed by atoms with van der Waals surface area (Å²) in [5, 5.41) is 11.6. The van der Waals surface area contributed by atoms with Crippen LogP contribution in [0.25, 0.3) is 10.9 Å². The van der Waals surface area contributed by atoms with E-state index in [4.69, 9.17) is 0 Å². The van der Waals surface area contributed by atoms with Crippen LogP contribution in [0.3, 0.4) is 0 Å². The van der Waals surface area contributed by atoms with E-state index in [2.05, 4.69) is 40.6 Å². The Morgan fingerprint density at radius 3 is 2.92 bits per heavy atom. The van der Waals surface area contributed by atoms with Gasteiger partial charge in [-0.15, -0.1) is 12.4 Å². The van der Waals surface area contributed by atoms with Gasteiger partial charge in [0.15, 0.2) is 0 Å². The second kappa shape index (κ2) is 6.96. The molecule has 0 saturated heterocycles. The number of amides is 1. The molecule has 136 valence electrons. The summed E-state index contributed by atoms with van der Waals surface area (Å²) in [6.45, 7) is 4.74. The number of carbonyl (C=O) groups excluding carboxylic acids is 1. The number of fused-ring (bicyclic) bond motifs is 2. The summed E-state index contributed by atoms with van der Waals surface area (Å²) in [6.07, 6.45) is 2.48. The van der Waals surface area contributed by atoms with Crippen molar-refractivity contribution in [2.75, 3.05) is 17.2 Å². The second-order valence-corrected chi connectivity index (χ2v) is 6.74. The molecule has 1 aromatic carbocycles. The lowest BCUT2D eigenvalue weighted by Gasteiger charge is -2.23. The molecule has 0 fully saturated rings. The number of aromatic nitrogens is 3. The molecule has 26 heavy (non-hydrogen) atoms. The number of nitrogens with one attached hydrogen (secondary N) is 2. The molecule has 7 heteroatoms. The quantitative estimate of drug-likeness (QED) is 0.725. The Morgan fingerprint density at radius 2 is 2.12 bits per heavy atom. The Balaban J connectivity index is 0.00000196. The van der Waals surface area contributed by atoms with Crippen molar-refractivity contribution in [3.63, 3.8) is 0 Å². The van der Waals surface area contributed by atoms with Gasteiger partial charge in [-0.1, -0.05) is 6.07 Å². The SMILES string of the molecule is Cc1cc(C)c2ccc(NC(=O)C3CNc4cnn(C)c4C3)nc2c1.Cl. The van der Waals surface area contributed by atoms with Gasteiger partial charge in [-0.3, -0.25) is 9.48 Å². The first kappa shape index (κ1) is 18.2. The molecule has 0 bridgehead atoms. The lowest BCUT2D eigenvalue weighted by atomic mass is 9.98. The number of anilines is 2. The molecule has 3 aromatic rings. The van der Waals surface area contributed by atoms with Crippen molar-refractivity contribution in [2.24, 2.45) is 13.0 Å². The van der Waals surface area contributed by atoms with E-state index < -0.39 is 0 Å². The monoisotopic (exact) mass is 371 g/mol. The molecule has 1 atom stereocenters. The van der Waals surface area contributed by atoms with Crippen molar-refractivity contribution >= 4 is 40.7 Å². The van der Waals surface area contributed by atoms with Crippen LogP contribution in [0.1, 0.15) is 16.8 Å². The van der Waals surface area contributed by atoms with Crippen LogP contribution < -0.4 is 10.6 Å². The molecule has 0 aliphatic carbocycles. The van der Waals surface area contributed by atoms with Crippen LogP contribution in [0, 0.1) is 19.8 Å². The molecule has 2 N–H and O–H groups in total. The zero-order chi connectivity index (χ0) is 17.6. The average molecular weight is 372 g/mol. The van der Waals surface area contributed by atoms with Crippen molar-refractivity contribution in [2.45, 2.75) is 20.3 Å². The maximum atomic E-state index is 12.7. The summed E-state index contributed by atoms with van der Waals surface area (Å²) in [5.74, 6) is 0.438. The molecular formula is C19H22ClN5O. The van der Waals surface area contributed by atoms with Crippen LogP contribution in [-0.4, -0.2) is 27.2 Å². The Kier molecular flexibility index (Phi) is 4.87. The van der Waals surface area contributed by atoms with Gasteiger partial charge in [0.2, 0.25) is 5.91 Å². The smallest absolute Gasteiger partial charge is 0.230 e. The fourth-order valence-corrected chi connectivity index (χ4v) is 3.47. The lowest BCUT2D eigenvalue weighted by Crippen LogP contribution is -2.34. The minimum absolute atomic E-state index is 0. The van der Waals surface area contributed by atoms with E-state index in [1.165, 1.54) is 11.1 Å². The summed E-state index contributed by atoms with van der Waals surface area (Å²) in [6, 6.07) is 8.07. The first-order valence-electron chi connectivity index (χ1n) is 8.45. The number of halogens is 1. The van der Waals surface area contributed by atoms with Crippen molar-refractivity contribution < 1.29 is 4.79 Å². The summed E-state index contributed by atoms with van der Waals surface area (Å²) < 4.78 is 1.82. The summed E-state index contributed by atoms with van der Waals surface area (Å²) >= 11 is 0. The van der Waals surface area contributed by atoms with Gasteiger partial charge in [0.05, 0.1) is 29.0 Å². The molecule has 0 radical (unpaired) electrons. The molecule has 1 unspecified atom stereocenters. The molecule has 6 nitrogen and oxygen atoms in total. The van der Waals surface area contributed by atoms with Gasteiger partial charge < -0.3 is 10.6 Å². The average Bonchev–Trinajstić information content (AvgIpc) is 2.95. The molecule has 1 amide bonds.